The standard InChI is InChI=1S/C15H26N4O2/c1-3-17(4-2)15(21)19-9-7-18(8-10-19)14(20)12-5-6-13(16)11-12/h5-6,12-13H,3-4,7-11,16H2,1-2H3. The molecule has 2 unspecified atom stereocenters. The fraction of sp³-hybridized carbons (Fsp3) is 0.733. The number of hydrogen-bond donors (Lipinski definition) is 1. The summed E-state index contributed by atoms with van der Waals surface area (Å²) in [6.45, 7) is 7.87. The van der Waals surface area contributed by atoms with Gasteiger partial charge in [-0.25, -0.2) is 4.79 Å². The van der Waals surface area contributed by atoms with Crippen LogP contribution in [-0.2, 0) is 4.79 Å². The van der Waals surface area contributed by atoms with Gasteiger partial charge in [-0.05, 0) is 20.3 Å². The second-order valence-electron chi connectivity index (χ2n) is 5.66. The molecule has 1 aliphatic heterocycles. The predicted octanol–water partition coefficient (Wildman–Crippen LogP) is 0.496. The fourth-order valence-electron chi connectivity index (χ4n) is 2.96. The van der Waals surface area contributed by atoms with E-state index >= 15 is 0 Å². The van der Waals surface area contributed by atoms with Gasteiger partial charge in [-0.2, -0.15) is 0 Å². The van der Waals surface area contributed by atoms with Crippen molar-refractivity contribution in [1.82, 2.24) is 14.7 Å². The molecule has 1 fully saturated rings. The smallest absolute Gasteiger partial charge is 0.320 e. The molecule has 0 spiro atoms. The highest BCUT2D eigenvalue weighted by atomic mass is 16.2. The first-order valence-electron chi connectivity index (χ1n) is 7.83. The highest BCUT2D eigenvalue weighted by molar-refractivity contribution is 5.82. The van der Waals surface area contributed by atoms with Gasteiger partial charge in [0.1, 0.15) is 0 Å². The van der Waals surface area contributed by atoms with Crippen molar-refractivity contribution in [2.24, 2.45) is 11.7 Å². The lowest BCUT2D eigenvalue weighted by Gasteiger charge is -2.37. The predicted molar refractivity (Wildman–Crippen MR) is 81.7 cm³/mol. The zero-order chi connectivity index (χ0) is 15.4. The van der Waals surface area contributed by atoms with Gasteiger partial charge in [0, 0.05) is 45.3 Å². The van der Waals surface area contributed by atoms with Crippen molar-refractivity contribution in [2.45, 2.75) is 26.3 Å². The third-order valence-electron chi connectivity index (χ3n) is 4.33. The Morgan fingerprint density at radius 2 is 1.67 bits per heavy atom. The Hall–Kier alpha value is -1.56. The molecule has 2 N–H and O–H groups in total. The van der Waals surface area contributed by atoms with Crippen LogP contribution in [0, 0.1) is 5.92 Å². The van der Waals surface area contributed by atoms with Crippen LogP contribution < -0.4 is 5.73 Å². The molecular formula is C15H26N4O2. The van der Waals surface area contributed by atoms with E-state index in [-0.39, 0.29) is 23.9 Å². The van der Waals surface area contributed by atoms with Crippen molar-refractivity contribution < 1.29 is 9.59 Å². The van der Waals surface area contributed by atoms with Crippen molar-refractivity contribution in [3.05, 3.63) is 12.2 Å². The van der Waals surface area contributed by atoms with Crippen molar-refractivity contribution in [2.75, 3.05) is 39.3 Å². The van der Waals surface area contributed by atoms with Gasteiger partial charge < -0.3 is 20.4 Å². The minimum atomic E-state index is -0.0787. The molecule has 0 aromatic rings. The van der Waals surface area contributed by atoms with E-state index in [1.54, 1.807) is 0 Å². The topological polar surface area (TPSA) is 69.9 Å². The van der Waals surface area contributed by atoms with E-state index in [1.165, 1.54) is 0 Å². The average Bonchev–Trinajstić information content (AvgIpc) is 2.94. The number of rotatable bonds is 3. The number of urea groups is 1. The molecule has 6 heteroatoms. The van der Waals surface area contributed by atoms with Gasteiger partial charge in [0.2, 0.25) is 5.91 Å². The zero-order valence-corrected chi connectivity index (χ0v) is 13.0. The molecule has 1 saturated heterocycles. The molecular weight excluding hydrogens is 268 g/mol. The van der Waals surface area contributed by atoms with E-state index in [9.17, 15) is 9.59 Å². The second-order valence-corrected chi connectivity index (χ2v) is 5.66. The summed E-state index contributed by atoms with van der Waals surface area (Å²) in [5.74, 6) is 0.0687. The Morgan fingerprint density at radius 3 is 2.14 bits per heavy atom. The number of amides is 3. The lowest BCUT2D eigenvalue weighted by molar-refractivity contribution is -0.135. The maximum Gasteiger partial charge on any atom is 0.320 e. The lowest BCUT2D eigenvalue weighted by Crippen LogP contribution is -2.54. The van der Waals surface area contributed by atoms with E-state index in [1.807, 2.05) is 40.7 Å². The minimum Gasteiger partial charge on any atom is -0.339 e. The van der Waals surface area contributed by atoms with Gasteiger partial charge in [-0.3, -0.25) is 4.79 Å². The van der Waals surface area contributed by atoms with Crippen molar-refractivity contribution in [3.8, 4) is 0 Å². The number of carbonyl (C=O) groups is 2. The van der Waals surface area contributed by atoms with Crippen LogP contribution in [0.1, 0.15) is 20.3 Å². The number of piperazine rings is 1. The average molecular weight is 294 g/mol. The van der Waals surface area contributed by atoms with Crippen molar-refractivity contribution in [3.63, 3.8) is 0 Å². The number of carbonyl (C=O) groups excluding carboxylic acids is 2. The van der Waals surface area contributed by atoms with Crippen LogP contribution in [0.3, 0.4) is 0 Å². The minimum absolute atomic E-state index is 0.00415. The molecule has 1 heterocycles. The maximum absolute atomic E-state index is 12.4. The van der Waals surface area contributed by atoms with Gasteiger partial charge in [-0.1, -0.05) is 12.2 Å². The first-order valence-corrected chi connectivity index (χ1v) is 7.83. The van der Waals surface area contributed by atoms with Crippen LogP contribution in [0.15, 0.2) is 12.2 Å². The molecule has 2 atom stereocenters. The van der Waals surface area contributed by atoms with E-state index in [4.69, 9.17) is 5.73 Å². The third-order valence-corrected chi connectivity index (χ3v) is 4.33. The monoisotopic (exact) mass is 294 g/mol. The van der Waals surface area contributed by atoms with E-state index in [2.05, 4.69) is 0 Å². The van der Waals surface area contributed by atoms with E-state index < -0.39 is 0 Å². The maximum atomic E-state index is 12.4. The molecule has 118 valence electrons. The Kier molecular flexibility index (Phi) is 5.22. The molecule has 0 aromatic heterocycles. The van der Waals surface area contributed by atoms with Crippen molar-refractivity contribution in [1.29, 1.82) is 0 Å². The Morgan fingerprint density at radius 1 is 1.10 bits per heavy atom. The molecule has 0 bridgehead atoms. The highest BCUT2D eigenvalue weighted by Gasteiger charge is 2.31. The summed E-state index contributed by atoms with van der Waals surface area (Å²) in [7, 11) is 0. The quantitative estimate of drug-likeness (QED) is 0.770. The van der Waals surface area contributed by atoms with Gasteiger partial charge in [0.25, 0.3) is 0 Å². The van der Waals surface area contributed by atoms with Crippen LogP contribution in [0.5, 0.6) is 0 Å². The second kappa shape index (κ2) is 6.93. The molecule has 21 heavy (non-hydrogen) atoms. The molecule has 6 nitrogen and oxygen atoms in total. The lowest BCUT2D eigenvalue weighted by atomic mass is 10.1. The van der Waals surface area contributed by atoms with Crippen LogP contribution in [0.2, 0.25) is 0 Å². The first kappa shape index (κ1) is 15.8. The van der Waals surface area contributed by atoms with E-state index in [0.717, 1.165) is 13.1 Å². The summed E-state index contributed by atoms with van der Waals surface area (Å²) in [5.41, 5.74) is 5.80. The number of hydrogen-bond acceptors (Lipinski definition) is 3. The normalized spacial score (nSPS) is 25.3. The summed E-state index contributed by atoms with van der Waals surface area (Å²) in [6.07, 6.45) is 4.53. The molecule has 2 aliphatic rings. The summed E-state index contributed by atoms with van der Waals surface area (Å²) >= 11 is 0. The van der Waals surface area contributed by atoms with Crippen LogP contribution in [0.25, 0.3) is 0 Å². The Labute approximate surface area is 126 Å². The molecule has 0 aromatic carbocycles. The highest BCUT2D eigenvalue weighted by Crippen LogP contribution is 2.20. The van der Waals surface area contributed by atoms with Crippen molar-refractivity contribution >= 4 is 11.9 Å². The Bertz CT molecular complexity index is 412. The summed E-state index contributed by atoms with van der Waals surface area (Å²) in [4.78, 5) is 30.1. The largest absolute Gasteiger partial charge is 0.339 e. The van der Waals surface area contributed by atoms with Gasteiger partial charge in [0.05, 0.1) is 5.92 Å². The molecule has 2 rings (SSSR count). The Balaban J connectivity index is 1.84. The molecule has 3 amide bonds. The molecule has 0 radical (unpaired) electrons. The fourth-order valence-corrected chi connectivity index (χ4v) is 2.96. The summed E-state index contributed by atoms with van der Waals surface area (Å²) < 4.78 is 0. The van der Waals surface area contributed by atoms with Crippen LogP contribution in [-0.4, -0.2) is 71.9 Å². The van der Waals surface area contributed by atoms with Gasteiger partial charge in [-0.15, -0.1) is 0 Å². The van der Waals surface area contributed by atoms with E-state index in [0.29, 0.717) is 32.6 Å². The SMILES string of the molecule is CCN(CC)C(=O)N1CCN(C(=O)C2C=CC(N)C2)CC1. The van der Waals surface area contributed by atoms with Crippen LogP contribution in [0.4, 0.5) is 4.79 Å². The third kappa shape index (κ3) is 3.56. The van der Waals surface area contributed by atoms with Gasteiger partial charge in [0.15, 0.2) is 0 Å². The zero-order valence-electron chi connectivity index (χ0n) is 13.0. The number of nitrogens with zero attached hydrogens (tertiary/aromatic N) is 3. The van der Waals surface area contributed by atoms with Crippen LogP contribution >= 0.6 is 0 Å². The summed E-state index contributed by atoms with van der Waals surface area (Å²) in [6, 6.07) is 0.0827. The molecule has 0 saturated carbocycles. The van der Waals surface area contributed by atoms with Gasteiger partial charge >= 0.3 is 6.03 Å². The summed E-state index contributed by atoms with van der Waals surface area (Å²) in [5, 5.41) is 0. The molecule has 1 aliphatic carbocycles. The first-order chi connectivity index (χ1) is 10.1. The number of nitrogens with two attached hydrogens (primary N) is 1.